The molecule has 0 atom stereocenters. The van der Waals surface area contributed by atoms with Gasteiger partial charge in [0.2, 0.25) is 5.91 Å². The first-order valence-corrected chi connectivity index (χ1v) is 10.4. The van der Waals surface area contributed by atoms with E-state index in [0.717, 1.165) is 44.6 Å². The Balaban J connectivity index is 1.32. The number of likely N-dealkylation sites (tertiary alicyclic amines) is 1. The van der Waals surface area contributed by atoms with Crippen LogP contribution < -0.4 is 0 Å². The summed E-state index contributed by atoms with van der Waals surface area (Å²) < 4.78 is 11.4. The van der Waals surface area contributed by atoms with Gasteiger partial charge in [-0.2, -0.15) is 4.98 Å². The number of rotatable bonds is 7. The molecule has 0 N–H and O–H groups in total. The lowest BCUT2D eigenvalue weighted by Gasteiger charge is -2.38. The maximum Gasteiger partial charge on any atom is 0.258 e. The number of carbonyl (C=O) groups is 1. The van der Waals surface area contributed by atoms with Crippen LogP contribution in [0.3, 0.4) is 0 Å². The lowest BCUT2D eigenvalue weighted by molar-refractivity contribution is -0.134. The Labute approximate surface area is 172 Å². The second-order valence-corrected chi connectivity index (χ2v) is 8.38. The van der Waals surface area contributed by atoms with E-state index in [0.29, 0.717) is 24.9 Å². The molecule has 1 aromatic carbocycles. The number of aromatic nitrogens is 2. The fourth-order valence-corrected chi connectivity index (χ4v) is 3.95. The molecule has 1 aliphatic carbocycles. The van der Waals surface area contributed by atoms with E-state index in [-0.39, 0.29) is 5.91 Å². The number of nitrogens with zero attached hydrogens (tertiary/aromatic N) is 4. The summed E-state index contributed by atoms with van der Waals surface area (Å²) >= 11 is 0. The third kappa shape index (κ3) is 4.36. The van der Waals surface area contributed by atoms with Crippen LogP contribution in [-0.4, -0.2) is 59.6 Å². The van der Waals surface area contributed by atoms with Gasteiger partial charge in [-0.3, -0.25) is 9.69 Å². The summed E-state index contributed by atoms with van der Waals surface area (Å²) in [6, 6.07) is 8.19. The fraction of sp³-hybridized carbons (Fsp3) is 0.591. The van der Waals surface area contributed by atoms with E-state index in [1.54, 1.807) is 12.0 Å². The summed E-state index contributed by atoms with van der Waals surface area (Å²) in [5, 5.41) is 4.14. The van der Waals surface area contributed by atoms with Crippen molar-refractivity contribution in [1.82, 2.24) is 19.9 Å². The van der Waals surface area contributed by atoms with Crippen LogP contribution in [0.15, 0.2) is 28.8 Å². The van der Waals surface area contributed by atoms with Crippen molar-refractivity contribution in [3.63, 3.8) is 0 Å². The topological polar surface area (TPSA) is 71.7 Å². The number of likely N-dealkylation sites (N-methyl/N-ethyl adjacent to an activating group) is 1. The number of piperidine rings is 1. The van der Waals surface area contributed by atoms with E-state index in [2.05, 4.69) is 34.1 Å². The minimum absolute atomic E-state index is 0.131. The number of aryl methyl sites for hydroxylation is 1. The molecule has 1 amide bonds. The zero-order valence-electron chi connectivity index (χ0n) is 17.6. The number of amides is 1. The largest absolute Gasteiger partial charge is 0.368 e. The van der Waals surface area contributed by atoms with Crippen LogP contribution in [0.4, 0.5) is 0 Å². The molecule has 0 spiro atoms. The van der Waals surface area contributed by atoms with Crippen molar-refractivity contribution in [1.29, 1.82) is 0 Å². The molecule has 2 fully saturated rings. The van der Waals surface area contributed by atoms with Crippen molar-refractivity contribution in [2.45, 2.75) is 50.7 Å². The van der Waals surface area contributed by atoms with Crippen LogP contribution in [0.5, 0.6) is 0 Å². The van der Waals surface area contributed by atoms with Crippen molar-refractivity contribution in [2.75, 3.05) is 33.8 Å². The van der Waals surface area contributed by atoms with Crippen molar-refractivity contribution in [3.05, 3.63) is 47.1 Å². The Bertz CT molecular complexity index is 853. The Hall–Kier alpha value is -2.25. The van der Waals surface area contributed by atoms with Crippen molar-refractivity contribution in [3.8, 4) is 0 Å². The molecule has 1 aromatic heterocycles. The van der Waals surface area contributed by atoms with Gasteiger partial charge in [0, 0.05) is 39.7 Å². The summed E-state index contributed by atoms with van der Waals surface area (Å²) in [7, 11) is 3.58. The predicted octanol–water partition coefficient (Wildman–Crippen LogP) is 2.85. The summed E-state index contributed by atoms with van der Waals surface area (Å²) in [5.41, 5.74) is 1.86. The van der Waals surface area contributed by atoms with E-state index in [9.17, 15) is 4.79 Å². The second-order valence-electron chi connectivity index (χ2n) is 8.38. The highest BCUT2D eigenvalue weighted by molar-refractivity contribution is 5.78. The van der Waals surface area contributed by atoms with E-state index in [1.807, 2.05) is 19.2 Å². The number of hydrogen-bond acceptors (Lipinski definition) is 6. The number of ether oxygens (including phenoxy) is 1. The predicted molar refractivity (Wildman–Crippen MR) is 108 cm³/mol. The molecule has 7 heteroatoms. The third-order valence-corrected chi connectivity index (χ3v) is 6.28. The minimum Gasteiger partial charge on any atom is -0.368 e. The summed E-state index contributed by atoms with van der Waals surface area (Å²) in [5.74, 6) is 1.99. The van der Waals surface area contributed by atoms with Gasteiger partial charge in [0.05, 0.1) is 6.54 Å². The Morgan fingerprint density at radius 3 is 2.69 bits per heavy atom. The fourth-order valence-electron chi connectivity index (χ4n) is 3.95. The Morgan fingerprint density at radius 2 is 2.03 bits per heavy atom. The molecule has 4 rings (SSSR count). The van der Waals surface area contributed by atoms with E-state index in [4.69, 9.17) is 9.26 Å². The molecule has 1 saturated heterocycles. The van der Waals surface area contributed by atoms with Crippen LogP contribution in [-0.2, 0) is 21.7 Å². The average molecular weight is 399 g/mol. The van der Waals surface area contributed by atoms with Crippen molar-refractivity contribution >= 4 is 5.91 Å². The molecule has 29 heavy (non-hydrogen) atoms. The van der Waals surface area contributed by atoms with Crippen molar-refractivity contribution < 1.29 is 14.1 Å². The van der Waals surface area contributed by atoms with Crippen molar-refractivity contribution in [2.24, 2.45) is 0 Å². The minimum atomic E-state index is -0.535. The number of methoxy groups -OCH3 is 1. The third-order valence-electron chi connectivity index (χ3n) is 6.28. The zero-order valence-corrected chi connectivity index (χ0v) is 17.6. The highest BCUT2D eigenvalue weighted by Crippen LogP contribution is 2.41. The number of hydrogen-bond donors (Lipinski definition) is 0. The molecule has 2 aliphatic rings. The highest BCUT2D eigenvalue weighted by atomic mass is 16.5. The van der Waals surface area contributed by atoms with Gasteiger partial charge in [-0.1, -0.05) is 29.4 Å². The van der Waals surface area contributed by atoms with Gasteiger partial charge in [0.1, 0.15) is 5.60 Å². The molecular weight excluding hydrogens is 368 g/mol. The van der Waals surface area contributed by atoms with E-state index < -0.39 is 5.60 Å². The first-order chi connectivity index (χ1) is 14.0. The van der Waals surface area contributed by atoms with Gasteiger partial charge >= 0.3 is 0 Å². The highest BCUT2D eigenvalue weighted by Gasteiger charge is 2.43. The lowest BCUT2D eigenvalue weighted by Crippen LogP contribution is -2.47. The number of carbonyl (C=O) groups excluding carboxylic acids is 1. The molecule has 0 radical (unpaired) electrons. The van der Waals surface area contributed by atoms with Crippen LogP contribution in [0.1, 0.15) is 54.4 Å². The molecule has 0 unspecified atom stereocenters. The number of benzene rings is 1. The Morgan fingerprint density at radius 1 is 1.31 bits per heavy atom. The van der Waals surface area contributed by atoms with Crippen LogP contribution in [0.25, 0.3) is 0 Å². The van der Waals surface area contributed by atoms with Crippen LogP contribution in [0, 0.1) is 6.92 Å². The first kappa shape index (κ1) is 20.0. The average Bonchev–Trinajstić information content (AvgIpc) is 3.47. The quantitative estimate of drug-likeness (QED) is 0.714. The molecule has 1 aliphatic heterocycles. The molecule has 1 saturated carbocycles. The van der Waals surface area contributed by atoms with Gasteiger partial charge in [-0.25, -0.2) is 0 Å². The van der Waals surface area contributed by atoms with Gasteiger partial charge < -0.3 is 14.2 Å². The summed E-state index contributed by atoms with van der Waals surface area (Å²) in [6.45, 7) is 4.65. The maximum absolute atomic E-state index is 12.7. The normalized spacial score (nSPS) is 19.3. The lowest BCUT2D eigenvalue weighted by atomic mass is 9.91. The van der Waals surface area contributed by atoms with Gasteiger partial charge in [0.25, 0.3) is 5.89 Å². The molecule has 2 heterocycles. The molecule has 2 aromatic rings. The zero-order chi connectivity index (χ0) is 20.4. The molecule has 156 valence electrons. The Kier molecular flexibility index (Phi) is 5.69. The van der Waals surface area contributed by atoms with Gasteiger partial charge in [-0.15, -0.1) is 0 Å². The SMILES string of the molecule is COC1(c2nc(C3CC3)no2)CCN(CC(=O)N(C)Cc2ccccc2C)CC1. The summed E-state index contributed by atoms with van der Waals surface area (Å²) in [4.78, 5) is 21.3. The van der Waals surface area contributed by atoms with Crippen LogP contribution in [0.2, 0.25) is 0 Å². The monoisotopic (exact) mass is 398 g/mol. The second kappa shape index (κ2) is 8.24. The van der Waals surface area contributed by atoms with Gasteiger partial charge in [0.15, 0.2) is 5.82 Å². The smallest absolute Gasteiger partial charge is 0.258 e. The molecular formula is C22H30N4O3. The van der Waals surface area contributed by atoms with E-state index in [1.165, 1.54) is 11.1 Å². The standard InChI is InChI=1S/C22H30N4O3/c1-16-6-4-5-7-18(16)14-25(2)19(27)15-26-12-10-22(28-3,11-13-26)21-23-20(24-29-21)17-8-9-17/h4-7,17H,8-15H2,1-3H3. The van der Waals surface area contributed by atoms with E-state index >= 15 is 0 Å². The summed E-state index contributed by atoms with van der Waals surface area (Å²) in [6.07, 6.45) is 3.77. The van der Waals surface area contributed by atoms with Gasteiger partial charge in [-0.05, 0) is 43.7 Å². The molecule has 7 nitrogen and oxygen atoms in total. The van der Waals surface area contributed by atoms with Crippen LogP contribution >= 0.6 is 0 Å². The first-order valence-electron chi connectivity index (χ1n) is 10.4. The maximum atomic E-state index is 12.7. The molecule has 0 bridgehead atoms.